The predicted molar refractivity (Wildman–Crippen MR) is 131 cm³/mol. The largest absolute Gasteiger partial charge is 0.491 e. The molecule has 1 unspecified atom stereocenters. The summed E-state index contributed by atoms with van der Waals surface area (Å²) >= 11 is 1.31. The Morgan fingerprint density at radius 1 is 1.30 bits per heavy atom. The molecular weight excluding hydrogens is 438 g/mol. The number of hydrogen-bond donors (Lipinski definition) is 3. The predicted octanol–water partition coefficient (Wildman–Crippen LogP) is 4.56. The van der Waals surface area contributed by atoms with Crippen LogP contribution in [0.5, 0.6) is 5.75 Å². The molecule has 2 aliphatic heterocycles. The van der Waals surface area contributed by atoms with E-state index >= 15 is 0 Å². The minimum Gasteiger partial charge on any atom is -0.491 e. The Hall–Kier alpha value is -3.17. The molecule has 9 heteroatoms. The van der Waals surface area contributed by atoms with Crippen molar-refractivity contribution in [3.8, 4) is 5.75 Å². The number of hydrogen-bond acceptors (Lipinski definition) is 6. The summed E-state index contributed by atoms with van der Waals surface area (Å²) in [5.41, 5.74) is 2.92. The summed E-state index contributed by atoms with van der Waals surface area (Å²) in [5, 5.41) is 10.2. The van der Waals surface area contributed by atoms with E-state index in [1.54, 1.807) is 11.1 Å². The van der Waals surface area contributed by atoms with Crippen molar-refractivity contribution in [3.05, 3.63) is 40.9 Å². The maximum Gasteiger partial charge on any atom is 0.331 e. The number of nitrogens with one attached hydrogen (secondary N) is 3. The van der Waals surface area contributed by atoms with Crippen LogP contribution in [0, 0.1) is 6.92 Å². The fourth-order valence-corrected chi connectivity index (χ4v) is 5.46. The number of aromatic nitrogens is 1. The first-order valence-electron chi connectivity index (χ1n) is 11.2. The molecule has 3 amide bonds. The van der Waals surface area contributed by atoms with Crippen LogP contribution in [0.2, 0.25) is 0 Å². The zero-order chi connectivity index (χ0) is 23.1. The third-order valence-corrected chi connectivity index (χ3v) is 6.96. The Balaban J connectivity index is 1.53. The number of pyridine rings is 1. The molecule has 2 aromatic heterocycles. The molecule has 1 saturated heterocycles. The summed E-state index contributed by atoms with van der Waals surface area (Å²) in [7, 11) is 0. The first kappa shape index (κ1) is 21.7. The van der Waals surface area contributed by atoms with E-state index in [1.807, 2.05) is 45.0 Å². The maximum atomic E-state index is 13.3. The summed E-state index contributed by atoms with van der Waals surface area (Å²) in [5.74, 6) is 0.587. The van der Waals surface area contributed by atoms with Crippen LogP contribution in [0.4, 0.5) is 21.9 Å². The van der Waals surface area contributed by atoms with Crippen molar-refractivity contribution in [2.24, 2.45) is 0 Å². The van der Waals surface area contributed by atoms with E-state index in [1.165, 1.54) is 11.3 Å². The molecule has 1 aromatic carbocycles. The molecule has 0 radical (unpaired) electrons. The molecule has 0 spiro atoms. The van der Waals surface area contributed by atoms with Crippen LogP contribution in [0.15, 0.2) is 30.5 Å². The Morgan fingerprint density at radius 3 is 2.88 bits per heavy atom. The molecule has 8 nitrogen and oxygen atoms in total. The van der Waals surface area contributed by atoms with Crippen molar-refractivity contribution in [1.29, 1.82) is 0 Å². The fraction of sp³-hybridized carbons (Fsp3) is 0.375. The van der Waals surface area contributed by atoms with Crippen molar-refractivity contribution in [2.75, 3.05) is 23.3 Å². The number of piperidine rings is 1. The second-order valence-corrected chi connectivity index (χ2v) is 9.71. The Bertz CT molecular complexity index is 1230. The van der Waals surface area contributed by atoms with Gasteiger partial charge < -0.3 is 20.7 Å². The molecule has 0 bridgehead atoms. The number of aryl methyl sites for hydroxylation is 1. The molecular formula is C24H27N5O3S. The average molecular weight is 466 g/mol. The van der Waals surface area contributed by atoms with Gasteiger partial charge in [-0.1, -0.05) is 0 Å². The average Bonchev–Trinajstić information content (AvgIpc) is 3.15. The van der Waals surface area contributed by atoms with Gasteiger partial charge in [0, 0.05) is 18.8 Å². The van der Waals surface area contributed by atoms with E-state index < -0.39 is 0 Å². The van der Waals surface area contributed by atoms with Crippen molar-refractivity contribution in [3.63, 3.8) is 0 Å². The van der Waals surface area contributed by atoms with E-state index in [0.29, 0.717) is 16.3 Å². The molecule has 0 aliphatic carbocycles. The van der Waals surface area contributed by atoms with Crippen molar-refractivity contribution < 1.29 is 14.3 Å². The minimum atomic E-state index is -0.303. The molecule has 3 N–H and O–H groups in total. The second kappa shape index (κ2) is 8.64. The summed E-state index contributed by atoms with van der Waals surface area (Å²) in [6.45, 7) is 7.64. The molecule has 1 fully saturated rings. The number of carbonyl (C=O) groups is 2. The molecule has 3 aromatic rings. The number of ether oxygens (including phenoxy) is 1. The number of carbonyl (C=O) groups excluding carboxylic acids is 2. The number of nitrogens with zero attached hydrogens (tertiary/aromatic N) is 2. The number of benzene rings is 1. The summed E-state index contributed by atoms with van der Waals surface area (Å²) in [4.78, 5) is 33.7. The van der Waals surface area contributed by atoms with Gasteiger partial charge in [0.05, 0.1) is 28.6 Å². The first-order valence-corrected chi connectivity index (χ1v) is 12.1. The standard InChI is InChI=1S/C24H27N5O3S/c1-13(2)32-16-6-7-17(14(3)11-16)29-18-8-10-26-23-19(18)20(28-24(29)31)21(33-23)22(30)27-15-5-4-9-25-12-15/h6-8,10-11,13,15,25H,4-5,9,12H2,1-3H3,(H,27,30)(H,28,31). The summed E-state index contributed by atoms with van der Waals surface area (Å²) in [6, 6.07) is 7.29. The fourth-order valence-electron chi connectivity index (χ4n) is 4.43. The van der Waals surface area contributed by atoms with Gasteiger partial charge in [-0.25, -0.2) is 9.78 Å². The van der Waals surface area contributed by atoms with Crippen LogP contribution >= 0.6 is 11.3 Å². The van der Waals surface area contributed by atoms with E-state index in [-0.39, 0.29) is 24.1 Å². The second-order valence-electron chi connectivity index (χ2n) is 8.71. The minimum absolute atomic E-state index is 0.0654. The van der Waals surface area contributed by atoms with Crippen LogP contribution < -0.4 is 25.6 Å². The van der Waals surface area contributed by atoms with Gasteiger partial charge in [0.25, 0.3) is 5.91 Å². The van der Waals surface area contributed by atoms with Gasteiger partial charge >= 0.3 is 6.03 Å². The van der Waals surface area contributed by atoms with Gasteiger partial charge in [-0.3, -0.25) is 9.69 Å². The van der Waals surface area contributed by atoms with Crippen molar-refractivity contribution in [1.82, 2.24) is 15.6 Å². The molecule has 1 atom stereocenters. The van der Waals surface area contributed by atoms with E-state index in [0.717, 1.165) is 53.1 Å². The van der Waals surface area contributed by atoms with Crippen molar-refractivity contribution >= 4 is 50.6 Å². The van der Waals surface area contributed by atoms with Gasteiger partial charge in [-0.05, 0) is 70.0 Å². The third-order valence-electron chi connectivity index (χ3n) is 5.87. The lowest BCUT2D eigenvalue weighted by molar-refractivity contribution is 0.0935. The van der Waals surface area contributed by atoms with Gasteiger partial charge in [0.2, 0.25) is 0 Å². The van der Waals surface area contributed by atoms with Gasteiger partial charge in [0.15, 0.2) is 0 Å². The van der Waals surface area contributed by atoms with E-state index in [4.69, 9.17) is 4.74 Å². The molecule has 2 aliphatic rings. The highest BCUT2D eigenvalue weighted by atomic mass is 32.1. The van der Waals surface area contributed by atoms with Crippen LogP contribution in [0.3, 0.4) is 0 Å². The van der Waals surface area contributed by atoms with Gasteiger partial charge in [0.1, 0.15) is 15.5 Å². The van der Waals surface area contributed by atoms with E-state index in [2.05, 4.69) is 20.9 Å². The zero-order valence-corrected chi connectivity index (χ0v) is 19.7. The summed E-state index contributed by atoms with van der Waals surface area (Å²) < 4.78 is 5.79. The highest BCUT2D eigenvalue weighted by Gasteiger charge is 2.33. The van der Waals surface area contributed by atoms with Gasteiger partial charge in [-0.2, -0.15) is 0 Å². The number of urea groups is 1. The van der Waals surface area contributed by atoms with E-state index in [9.17, 15) is 9.59 Å². The lowest BCUT2D eigenvalue weighted by Crippen LogP contribution is -2.45. The lowest BCUT2D eigenvalue weighted by Gasteiger charge is -2.30. The first-order chi connectivity index (χ1) is 15.9. The lowest BCUT2D eigenvalue weighted by atomic mass is 10.1. The number of amides is 3. The number of anilines is 3. The summed E-state index contributed by atoms with van der Waals surface area (Å²) in [6.07, 6.45) is 3.72. The smallest absolute Gasteiger partial charge is 0.331 e. The molecule has 5 rings (SSSR count). The monoisotopic (exact) mass is 465 g/mol. The molecule has 4 heterocycles. The third kappa shape index (κ3) is 4.02. The quantitative estimate of drug-likeness (QED) is 0.514. The Kier molecular flexibility index (Phi) is 5.67. The van der Waals surface area contributed by atoms with Gasteiger partial charge in [-0.15, -0.1) is 11.3 Å². The van der Waals surface area contributed by atoms with Crippen molar-refractivity contribution in [2.45, 2.75) is 45.8 Å². The molecule has 172 valence electrons. The molecule has 33 heavy (non-hydrogen) atoms. The number of thiophene rings is 1. The normalized spacial score (nSPS) is 17.9. The highest BCUT2D eigenvalue weighted by molar-refractivity contribution is 7.21. The SMILES string of the molecule is Cc1cc(OC(C)C)ccc1N1C(=O)Nc2c(C(=O)NC3CCCNC3)sc3nccc1c23. The Morgan fingerprint density at radius 2 is 2.15 bits per heavy atom. The van der Waals surface area contributed by atoms with Crippen LogP contribution in [-0.2, 0) is 0 Å². The Labute approximate surface area is 196 Å². The van der Waals surface area contributed by atoms with Crippen LogP contribution in [0.1, 0.15) is 41.9 Å². The molecule has 0 saturated carbocycles. The zero-order valence-electron chi connectivity index (χ0n) is 18.9. The maximum absolute atomic E-state index is 13.3. The van der Waals surface area contributed by atoms with Crippen LogP contribution in [0.25, 0.3) is 10.2 Å². The highest BCUT2D eigenvalue weighted by Crippen LogP contribution is 2.46. The topological polar surface area (TPSA) is 95.6 Å². The number of rotatable bonds is 5. The van der Waals surface area contributed by atoms with Crippen LogP contribution in [-0.4, -0.2) is 42.2 Å².